The van der Waals surface area contributed by atoms with Crippen LogP contribution in [0.25, 0.3) is 0 Å². The van der Waals surface area contributed by atoms with E-state index in [1.807, 2.05) is 27.7 Å². The van der Waals surface area contributed by atoms with E-state index in [2.05, 4.69) is 5.32 Å². The molecule has 22 heavy (non-hydrogen) atoms. The van der Waals surface area contributed by atoms with Crippen LogP contribution in [0.3, 0.4) is 0 Å². The van der Waals surface area contributed by atoms with E-state index >= 15 is 0 Å². The number of hydrogen-bond acceptors (Lipinski definition) is 3. The van der Waals surface area contributed by atoms with Crippen molar-refractivity contribution < 1.29 is 14.0 Å². The van der Waals surface area contributed by atoms with Crippen molar-refractivity contribution in [1.29, 1.82) is 0 Å². The third kappa shape index (κ3) is 6.93. The molecule has 0 spiro atoms. The second-order valence-electron chi connectivity index (χ2n) is 5.95. The standard InChI is InChI=1S/C16H23FN2O2S/c1-5-19(10-14(20)18-16(2,3)4)15(21)11-22-13-8-6-12(17)7-9-13/h6-9H,5,10-11H2,1-4H3,(H,18,20). The second kappa shape index (κ2) is 8.17. The van der Waals surface area contributed by atoms with Gasteiger partial charge in [-0.2, -0.15) is 0 Å². The fourth-order valence-electron chi connectivity index (χ4n) is 1.77. The van der Waals surface area contributed by atoms with Gasteiger partial charge in [0, 0.05) is 17.0 Å². The molecule has 1 aromatic rings. The van der Waals surface area contributed by atoms with Gasteiger partial charge in [-0.05, 0) is 52.0 Å². The first-order valence-corrected chi connectivity index (χ1v) is 8.17. The number of amides is 2. The predicted molar refractivity (Wildman–Crippen MR) is 87.3 cm³/mol. The third-order valence-corrected chi connectivity index (χ3v) is 3.76. The van der Waals surface area contributed by atoms with Crippen LogP contribution >= 0.6 is 11.8 Å². The minimum atomic E-state index is -0.317. The molecule has 122 valence electrons. The molecule has 0 radical (unpaired) electrons. The van der Waals surface area contributed by atoms with Crippen molar-refractivity contribution in [3.8, 4) is 0 Å². The minimum Gasteiger partial charge on any atom is -0.350 e. The van der Waals surface area contributed by atoms with Gasteiger partial charge in [-0.15, -0.1) is 11.8 Å². The van der Waals surface area contributed by atoms with E-state index in [0.717, 1.165) is 4.90 Å². The Kier molecular flexibility index (Phi) is 6.87. The highest BCUT2D eigenvalue weighted by molar-refractivity contribution is 8.00. The van der Waals surface area contributed by atoms with Crippen LogP contribution in [0.1, 0.15) is 27.7 Å². The molecule has 0 atom stereocenters. The number of thioether (sulfide) groups is 1. The molecule has 0 saturated heterocycles. The molecule has 0 aliphatic rings. The van der Waals surface area contributed by atoms with Crippen molar-refractivity contribution in [2.24, 2.45) is 0 Å². The van der Waals surface area contributed by atoms with Gasteiger partial charge in [0.2, 0.25) is 11.8 Å². The van der Waals surface area contributed by atoms with Crippen molar-refractivity contribution in [1.82, 2.24) is 10.2 Å². The molecular formula is C16H23FN2O2S. The van der Waals surface area contributed by atoms with Crippen molar-refractivity contribution in [3.63, 3.8) is 0 Å². The molecule has 4 nitrogen and oxygen atoms in total. The summed E-state index contributed by atoms with van der Waals surface area (Å²) in [5.41, 5.74) is -0.317. The lowest BCUT2D eigenvalue weighted by atomic mass is 10.1. The lowest BCUT2D eigenvalue weighted by molar-refractivity contribution is -0.134. The number of carbonyl (C=O) groups excluding carboxylic acids is 2. The first-order chi connectivity index (χ1) is 10.2. The number of halogens is 1. The van der Waals surface area contributed by atoms with E-state index in [9.17, 15) is 14.0 Å². The quantitative estimate of drug-likeness (QED) is 0.818. The van der Waals surface area contributed by atoms with Gasteiger partial charge < -0.3 is 10.2 Å². The molecule has 1 rings (SSSR count). The number of hydrogen-bond donors (Lipinski definition) is 1. The zero-order valence-electron chi connectivity index (χ0n) is 13.5. The first kappa shape index (κ1) is 18.5. The van der Waals surface area contributed by atoms with E-state index in [-0.39, 0.29) is 35.5 Å². The highest BCUT2D eigenvalue weighted by atomic mass is 32.2. The normalized spacial score (nSPS) is 11.1. The highest BCUT2D eigenvalue weighted by Gasteiger charge is 2.19. The third-order valence-electron chi connectivity index (χ3n) is 2.76. The Labute approximate surface area is 135 Å². The SMILES string of the molecule is CCN(CC(=O)NC(C)(C)C)C(=O)CSc1ccc(F)cc1. The van der Waals surface area contributed by atoms with Gasteiger partial charge >= 0.3 is 0 Å². The summed E-state index contributed by atoms with van der Waals surface area (Å²) in [4.78, 5) is 26.4. The summed E-state index contributed by atoms with van der Waals surface area (Å²) < 4.78 is 12.8. The molecule has 6 heteroatoms. The molecule has 0 bridgehead atoms. The summed E-state index contributed by atoms with van der Waals surface area (Å²) in [6.45, 7) is 8.05. The van der Waals surface area contributed by atoms with Crippen LogP contribution in [0.5, 0.6) is 0 Å². The first-order valence-electron chi connectivity index (χ1n) is 7.18. The van der Waals surface area contributed by atoms with E-state index in [1.54, 1.807) is 12.1 Å². The van der Waals surface area contributed by atoms with E-state index < -0.39 is 0 Å². The van der Waals surface area contributed by atoms with Gasteiger partial charge in [0.15, 0.2) is 0 Å². The number of rotatable bonds is 6. The fraction of sp³-hybridized carbons (Fsp3) is 0.500. The highest BCUT2D eigenvalue weighted by Crippen LogP contribution is 2.18. The zero-order chi connectivity index (χ0) is 16.8. The number of benzene rings is 1. The number of likely N-dealkylation sites (N-methyl/N-ethyl adjacent to an activating group) is 1. The summed E-state index contributed by atoms with van der Waals surface area (Å²) in [6.07, 6.45) is 0. The smallest absolute Gasteiger partial charge is 0.240 e. The molecular weight excluding hydrogens is 303 g/mol. The largest absolute Gasteiger partial charge is 0.350 e. The number of nitrogens with zero attached hydrogens (tertiary/aromatic N) is 1. The Hall–Kier alpha value is -1.56. The monoisotopic (exact) mass is 326 g/mol. The van der Waals surface area contributed by atoms with Crippen molar-refractivity contribution in [3.05, 3.63) is 30.1 Å². The lowest BCUT2D eigenvalue weighted by Crippen LogP contribution is -2.47. The van der Waals surface area contributed by atoms with Crippen LogP contribution in [0.2, 0.25) is 0 Å². The fourth-order valence-corrected chi connectivity index (χ4v) is 2.58. The molecule has 0 aromatic heterocycles. The maximum atomic E-state index is 12.8. The van der Waals surface area contributed by atoms with Crippen molar-refractivity contribution in [2.45, 2.75) is 38.1 Å². The topological polar surface area (TPSA) is 49.4 Å². The molecule has 0 heterocycles. The average molecular weight is 326 g/mol. The molecule has 1 N–H and O–H groups in total. The van der Waals surface area contributed by atoms with Crippen LogP contribution in [-0.2, 0) is 9.59 Å². The molecule has 2 amide bonds. The van der Waals surface area contributed by atoms with Crippen molar-refractivity contribution in [2.75, 3.05) is 18.8 Å². The van der Waals surface area contributed by atoms with E-state index in [0.29, 0.717) is 6.54 Å². The average Bonchev–Trinajstić information content (AvgIpc) is 2.42. The summed E-state index contributed by atoms with van der Waals surface area (Å²) in [6, 6.07) is 5.99. The van der Waals surface area contributed by atoms with Gasteiger partial charge in [0.25, 0.3) is 0 Å². The summed E-state index contributed by atoms with van der Waals surface area (Å²) >= 11 is 1.33. The Bertz CT molecular complexity index is 512. The predicted octanol–water partition coefficient (Wildman–Crippen LogP) is 2.68. The van der Waals surface area contributed by atoms with Gasteiger partial charge in [-0.3, -0.25) is 9.59 Å². The molecule has 0 fully saturated rings. The maximum absolute atomic E-state index is 12.8. The molecule has 0 aliphatic heterocycles. The molecule has 0 unspecified atom stereocenters. The van der Waals surface area contributed by atoms with Gasteiger partial charge in [-0.25, -0.2) is 4.39 Å². The van der Waals surface area contributed by atoms with Gasteiger partial charge in [0.05, 0.1) is 12.3 Å². The van der Waals surface area contributed by atoms with E-state index in [4.69, 9.17) is 0 Å². The number of carbonyl (C=O) groups is 2. The Balaban J connectivity index is 2.50. The maximum Gasteiger partial charge on any atom is 0.240 e. The van der Waals surface area contributed by atoms with Gasteiger partial charge in [-0.1, -0.05) is 0 Å². The van der Waals surface area contributed by atoms with Crippen LogP contribution in [-0.4, -0.2) is 41.1 Å². The lowest BCUT2D eigenvalue weighted by Gasteiger charge is -2.25. The Morgan fingerprint density at radius 2 is 1.82 bits per heavy atom. The Morgan fingerprint density at radius 3 is 2.32 bits per heavy atom. The van der Waals surface area contributed by atoms with Crippen molar-refractivity contribution >= 4 is 23.6 Å². The Morgan fingerprint density at radius 1 is 1.23 bits per heavy atom. The minimum absolute atomic E-state index is 0.0522. The van der Waals surface area contributed by atoms with Gasteiger partial charge in [0.1, 0.15) is 5.82 Å². The molecule has 0 aliphatic carbocycles. The number of nitrogens with one attached hydrogen (secondary N) is 1. The molecule has 0 saturated carbocycles. The second-order valence-corrected chi connectivity index (χ2v) is 7.00. The zero-order valence-corrected chi connectivity index (χ0v) is 14.3. The summed E-state index contributed by atoms with van der Waals surface area (Å²) in [5.74, 6) is -0.359. The van der Waals surface area contributed by atoms with E-state index in [1.165, 1.54) is 28.8 Å². The molecule has 1 aromatic carbocycles. The summed E-state index contributed by atoms with van der Waals surface area (Å²) in [7, 11) is 0. The summed E-state index contributed by atoms with van der Waals surface area (Å²) in [5, 5.41) is 2.84. The van der Waals surface area contributed by atoms with Crippen LogP contribution < -0.4 is 5.32 Å². The van der Waals surface area contributed by atoms with Crippen LogP contribution in [0, 0.1) is 5.82 Å². The van der Waals surface area contributed by atoms with Crippen LogP contribution in [0.15, 0.2) is 29.2 Å². The van der Waals surface area contributed by atoms with Crippen LogP contribution in [0.4, 0.5) is 4.39 Å².